The predicted octanol–water partition coefficient (Wildman–Crippen LogP) is 2.44. The van der Waals surface area contributed by atoms with Crippen molar-refractivity contribution < 1.29 is 26.3 Å². The standard InChI is InChI=1S/C9H10F6N4/c10-8(11,12)3-1-5-17-6(19-7(16)18-5)2-4-9(13,14)15/h1-4H2,(H2,16,17,18,19). The fraction of sp³-hybridized carbons (Fsp3) is 0.667. The lowest BCUT2D eigenvalue weighted by Crippen LogP contribution is -2.15. The molecule has 0 saturated carbocycles. The second-order valence-electron chi connectivity index (χ2n) is 3.76. The molecule has 0 spiro atoms. The Balaban J connectivity index is 2.71. The van der Waals surface area contributed by atoms with Crippen LogP contribution in [-0.4, -0.2) is 27.3 Å². The summed E-state index contributed by atoms with van der Waals surface area (Å²) in [7, 11) is 0. The zero-order valence-electron chi connectivity index (χ0n) is 9.52. The van der Waals surface area contributed by atoms with Gasteiger partial charge in [-0.2, -0.15) is 36.3 Å². The van der Waals surface area contributed by atoms with Crippen LogP contribution in [0.3, 0.4) is 0 Å². The Morgan fingerprint density at radius 3 is 1.42 bits per heavy atom. The molecule has 1 aromatic rings. The van der Waals surface area contributed by atoms with Gasteiger partial charge in [0.2, 0.25) is 5.95 Å². The molecule has 1 rings (SSSR count). The Hall–Kier alpha value is -1.61. The van der Waals surface area contributed by atoms with Crippen molar-refractivity contribution in [2.24, 2.45) is 0 Å². The van der Waals surface area contributed by atoms with Gasteiger partial charge in [-0.05, 0) is 0 Å². The van der Waals surface area contributed by atoms with E-state index in [1.54, 1.807) is 0 Å². The molecule has 0 unspecified atom stereocenters. The molecule has 0 aromatic carbocycles. The highest BCUT2D eigenvalue weighted by atomic mass is 19.4. The number of aryl methyl sites for hydroxylation is 2. The number of nitrogens with zero attached hydrogens (tertiary/aromatic N) is 3. The van der Waals surface area contributed by atoms with Crippen LogP contribution >= 0.6 is 0 Å². The van der Waals surface area contributed by atoms with Crippen molar-refractivity contribution in [2.45, 2.75) is 38.0 Å². The van der Waals surface area contributed by atoms with Gasteiger partial charge in [0.1, 0.15) is 11.6 Å². The number of aromatic nitrogens is 3. The molecule has 0 atom stereocenters. The summed E-state index contributed by atoms with van der Waals surface area (Å²) >= 11 is 0. The van der Waals surface area contributed by atoms with Crippen molar-refractivity contribution in [1.82, 2.24) is 15.0 Å². The Morgan fingerprint density at radius 2 is 1.11 bits per heavy atom. The highest BCUT2D eigenvalue weighted by Gasteiger charge is 2.28. The van der Waals surface area contributed by atoms with E-state index in [9.17, 15) is 26.3 Å². The fourth-order valence-corrected chi connectivity index (χ4v) is 1.22. The number of hydrogen-bond acceptors (Lipinski definition) is 4. The van der Waals surface area contributed by atoms with Crippen LogP contribution < -0.4 is 5.73 Å². The minimum Gasteiger partial charge on any atom is -0.368 e. The van der Waals surface area contributed by atoms with Gasteiger partial charge in [0, 0.05) is 12.8 Å². The van der Waals surface area contributed by atoms with E-state index in [4.69, 9.17) is 5.73 Å². The van der Waals surface area contributed by atoms with Gasteiger partial charge in [0.05, 0.1) is 12.8 Å². The van der Waals surface area contributed by atoms with Crippen LogP contribution in [0.5, 0.6) is 0 Å². The zero-order valence-corrected chi connectivity index (χ0v) is 9.52. The quantitative estimate of drug-likeness (QED) is 0.864. The second-order valence-corrected chi connectivity index (χ2v) is 3.76. The molecular weight excluding hydrogens is 278 g/mol. The van der Waals surface area contributed by atoms with Crippen molar-refractivity contribution in [3.63, 3.8) is 0 Å². The minimum absolute atomic E-state index is 0.262. The molecular formula is C9H10F6N4. The van der Waals surface area contributed by atoms with E-state index >= 15 is 0 Å². The molecule has 2 N–H and O–H groups in total. The average Bonchev–Trinajstić information content (AvgIpc) is 2.21. The summed E-state index contributed by atoms with van der Waals surface area (Å²) in [4.78, 5) is 10.4. The van der Waals surface area contributed by atoms with Crippen LogP contribution in [0.15, 0.2) is 0 Å². The molecule has 0 bridgehead atoms. The van der Waals surface area contributed by atoms with Crippen molar-refractivity contribution >= 4 is 5.95 Å². The van der Waals surface area contributed by atoms with Crippen LogP contribution in [-0.2, 0) is 12.8 Å². The Bertz CT molecular complexity index is 391. The first-order chi connectivity index (χ1) is 8.55. The molecule has 1 aromatic heterocycles. The topological polar surface area (TPSA) is 64.7 Å². The maximum absolute atomic E-state index is 12.0. The highest BCUT2D eigenvalue weighted by molar-refractivity contribution is 5.16. The molecule has 0 fully saturated rings. The Kier molecular flexibility index (Phi) is 4.53. The van der Waals surface area contributed by atoms with E-state index < -0.39 is 38.0 Å². The first-order valence-corrected chi connectivity index (χ1v) is 5.18. The minimum atomic E-state index is -4.40. The summed E-state index contributed by atoms with van der Waals surface area (Å²) in [6.45, 7) is 0. The second kappa shape index (κ2) is 5.57. The molecule has 19 heavy (non-hydrogen) atoms. The van der Waals surface area contributed by atoms with E-state index in [1.807, 2.05) is 0 Å². The summed E-state index contributed by atoms with van der Waals surface area (Å²) in [5, 5.41) is 0. The third-order valence-electron chi connectivity index (χ3n) is 2.01. The molecule has 0 saturated heterocycles. The largest absolute Gasteiger partial charge is 0.389 e. The smallest absolute Gasteiger partial charge is 0.368 e. The van der Waals surface area contributed by atoms with Gasteiger partial charge >= 0.3 is 12.4 Å². The first kappa shape index (κ1) is 15.4. The molecule has 10 heteroatoms. The Labute approximate surface area is 104 Å². The average molecular weight is 288 g/mol. The van der Waals surface area contributed by atoms with E-state index in [0.29, 0.717) is 0 Å². The van der Waals surface area contributed by atoms with E-state index in [0.717, 1.165) is 0 Å². The van der Waals surface area contributed by atoms with Gasteiger partial charge in [0.25, 0.3) is 0 Å². The number of nitrogens with two attached hydrogens (primary N) is 1. The highest BCUT2D eigenvalue weighted by Crippen LogP contribution is 2.22. The predicted molar refractivity (Wildman–Crippen MR) is 53.0 cm³/mol. The normalized spacial score (nSPS) is 12.7. The molecule has 4 nitrogen and oxygen atoms in total. The zero-order chi connectivity index (χ0) is 14.7. The molecule has 0 amide bonds. The van der Waals surface area contributed by atoms with Crippen molar-refractivity contribution in [3.8, 4) is 0 Å². The van der Waals surface area contributed by atoms with E-state index in [-0.39, 0.29) is 17.6 Å². The number of alkyl halides is 6. The van der Waals surface area contributed by atoms with Gasteiger partial charge < -0.3 is 5.73 Å². The summed E-state index contributed by atoms with van der Waals surface area (Å²) in [6.07, 6.45) is -12.2. The van der Waals surface area contributed by atoms with Gasteiger partial charge in [-0.3, -0.25) is 0 Å². The molecule has 108 valence electrons. The molecule has 1 heterocycles. The lowest BCUT2D eigenvalue weighted by Gasteiger charge is -2.08. The van der Waals surface area contributed by atoms with Crippen molar-refractivity contribution in [1.29, 1.82) is 0 Å². The number of nitrogen functional groups attached to an aromatic ring is 1. The molecule has 0 aliphatic rings. The van der Waals surface area contributed by atoms with Crippen LogP contribution in [0, 0.1) is 0 Å². The van der Waals surface area contributed by atoms with Gasteiger partial charge in [-0.25, -0.2) is 4.98 Å². The lowest BCUT2D eigenvalue weighted by molar-refractivity contribution is -0.134. The lowest BCUT2D eigenvalue weighted by atomic mass is 10.2. The first-order valence-electron chi connectivity index (χ1n) is 5.18. The monoisotopic (exact) mass is 288 g/mol. The fourth-order valence-electron chi connectivity index (χ4n) is 1.22. The number of anilines is 1. The summed E-state index contributed by atoms with van der Waals surface area (Å²) < 4.78 is 72.0. The van der Waals surface area contributed by atoms with Gasteiger partial charge in [-0.15, -0.1) is 0 Å². The molecule has 0 aliphatic heterocycles. The van der Waals surface area contributed by atoms with Gasteiger partial charge in [0.15, 0.2) is 0 Å². The third kappa shape index (κ3) is 6.77. The number of hydrogen-bond donors (Lipinski definition) is 1. The van der Waals surface area contributed by atoms with E-state index in [2.05, 4.69) is 15.0 Å². The van der Waals surface area contributed by atoms with Crippen LogP contribution in [0.25, 0.3) is 0 Å². The molecule has 0 aliphatic carbocycles. The summed E-state index contributed by atoms with van der Waals surface area (Å²) in [6, 6.07) is 0. The van der Waals surface area contributed by atoms with Crippen LogP contribution in [0.1, 0.15) is 24.5 Å². The number of halogens is 6. The van der Waals surface area contributed by atoms with Crippen LogP contribution in [0.4, 0.5) is 32.3 Å². The SMILES string of the molecule is Nc1nc(CCC(F)(F)F)nc(CCC(F)(F)F)n1. The van der Waals surface area contributed by atoms with Crippen molar-refractivity contribution in [3.05, 3.63) is 11.6 Å². The maximum atomic E-state index is 12.0. The number of rotatable bonds is 4. The maximum Gasteiger partial charge on any atom is 0.389 e. The summed E-state index contributed by atoms with van der Waals surface area (Å²) in [5.74, 6) is -0.909. The van der Waals surface area contributed by atoms with E-state index in [1.165, 1.54) is 0 Å². The Morgan fingerprint density at radius 1 is 0.737 bits per heavy atom. The molecule has 0 radical (unpaired) electrons. The van der Waals surface area contributed by atoms with Gasteiger partial charge in [-0.1, -0.05) is 0 Å². The summed E-state index contributed by atoms with van der Waals surface area (Å²) in [5.41, 5.74) is 5.21. The van der Waals surface area contributed by atoms with Crippen LogP contribution in [0.2, 0.25) is 0 Å². The van der Waals surface area contributed by atoms with Crippen molar-refractivity contribution in [2.75, 3.05) is 5.73 Å². The third-order valence-corrected chi connectivity index (χ3v) is 2.01.